The largest absolute Gasteiger partial charge is 0.368 e. The Kier molecular flexibility index (Phi) is 5.99. The van der Waals surface area contributed by atoms with Crippen LogP contribution in [0.15, 0.2) is 22.7 Å². The van der Waals surface area contributed by atoms with Crippen molar-refractivity contribution in [1.82, 2.24) is 19.7 Å². The molecule has 0 aliphatic carbocycles. The van der Waals surface area contributed by atoms with Crippen LogP contribution in [-0.4, -0.2) is 26.4 Å². The molecule has 1 aliphatic heterocycles. The molecule has 1 aromatic carbocycles. The molecule has 3 aromatic rings. The zero-order chi connectivity index (χ0) is 21.4. The zero-order valence-corrected chi connectivity index (χ0v) is 19.5. The van der Waals surface area contributed by atoms with Crippen molar-refractivity contribution >= 4 is 45.1 Å². The topological polar surface area (TPSA) is 90.9 Å². The Morgan fingerprint density at radius 3 is 2.70 bits per heavy atom. The van der Waals surface area contributed by atoms with Crippen molar-refractivity contribution < 1.29 is 4.74 Å². The molecule has 1 atom stereocenters. The summed E-state index contributed by atoms with van der Waals surface area (Å²) in [5.74, 6) is 1.20. The predicted molar refractivity (Wildman–Crippen MR) is 123 cm³/mol. The van der Waals surface area contributed by atoms with Crippen LogP contribution in [-0.2, 0) is 4.74 Å². The maximum Gasteiger partial charge on any atom is 0.222 e. The lowest BCUT2D eigenvalue weighted by atomic mass is 10.0. The Labute approximate surface area is 189 Å². The lowest BCUT2D eigenvalue weighted by molar-refractivity contribution is -0.0404. The van der Waals surface area contributed by atoms with Gasteiger partial charge in [-0.15, -0.1) is 0 Å². The highest BCUT2D eigenvalue weighted by atomic mass is 79.9. The molecule has 3 N–H and O–H groups in total. The lowest BCUT2D eigenvalue weighted by Gasteiger charge is -2.23. The molecule has 0 spiro atoms. The van der Waals surface area contributed by atoms with Crippen LogP contribution in [0.25, 0.3) is 11.3 Å². The van der Waals surface area contributed by atoms with Gasteiger partial charge in [-0.2, -0.15) is 10.1 Å². The number of nitrogens with zero attached hydrogens (tertiary/aromatic N) is 4. The minimum absolute atomic E-state index is 0.0378. The maximum atomic E-state index is 6.71. The van der Waals surface area contributed by atoms with Crippen molar-refractivity contribution in [3.8, 4) is 11.3 Å². The number of ether oxygens (including phenoxy) is 1. The van der Waals surface area contributed by atoms with Gasteiger partial charge in [0.05, 0.1) is 5.69 Å². The van der Waals surface area contributed by atoms with Gasteiger partial charge in [-0.25, -0.2) is 9.67 Å². The van der Waals surface area contributed by atoms with E-state index in [0.29, 0.717) is 22.4 Å². The molecule has 30 heavy (non-hydrogen) atoms. The summed E-state index contributed by atoms with van der Waals surface area (Å²) in [6.07, 6.45) is 3.14. The fourth-order valence-corrected chi connectivity index (χ4v) is 4.33. The first-order valence-corrected chi connectivity index (χ1v) is 11.1. The number of aromatic nitrogens is 4. The standard InChI is InChI=1S/C21H24BrClN6O/c1-11-9-15(22)12(2)8-14(11)19-18(23)20(27-21(24)26-19)25-16-10-13(3)29(28-16)17-6-4-5-7-30-17/h8-10,17H,4-7H2,1-3H3,(H3,24,25,26,27,28). The lowest BCUT2D eigenvalue weighted by Crippen LogP contribution is -2.20. The first kappa shape index (κ1) is 21.1. The molecule has 3 heterocycles. The maximum absolute atomic E-state index is 6.71. The highest BCUT2D eigenvalue weighted by Gasteiger charge is 2.21. The van der Waals surface area contributed by atoms with Gasteiger partial charge in [0.15, 0.2) is 17.9 Å². The molecule has 1 unspecified atom stereocenters. The van der Waals surface area contributed by atoms with Gasteiger partial charge in [0.25, 0.3) is 0 Å². The molecule has 0 radical (unpaired) electrons. The molecule has 0 bridgehead atoms. The Morgan fingerprint density at radius 1 is 1.17 bits per heavy atom. The van der Waals surface area contributed by atoms with Crippen LogP contribution in [0, 0.1) is 20.8 Å². The Bertz CT molecular complexity index is 1090. The number of hydrogen-bond acceptors (Lipinski definition) is 6. The fraction of sp³-hybridized carbons (Fsp3) is 0.381. The van der Waals surface area contributed by atoms with Crippen LogP contribution < -0.4 is 11.1 Å². The minimum atomic E-state index is -0.0378. The van der Waals surface area contributed by atoms with Crippen molar-refractivity contribution in [2.45, 2.75) is 46.3 Å². The zero-order valence-electron chi connectivity index (χ0n) is 17.2. The summed E-state index contributed by atoms with van der Waals surface area (Å²) >= 11 is 10.3. The van der Waals surface area contributed by atoms with Crippen LogP contribution in [0.1, 0.15) is 42.3 Å². The third kappa shape index (κ3) is 4.17. The van der Waals surface area contributed by atoms with Gasteiger partial charge in [0.1, 0.15) is 5.02 Å². The van der Waals surface area contributed by atoms with Gasteiger partial charge in [0, 0.05) is 28.4 Å². The van der Waals surface area contributed by atoms with Gasteiger partial charge in [0.2, 0.25) is 5.95 Å². The molecule has 2 aromatic heterocycles. The highest BCUT2D eigenvalue weighted by molar-refractivity contribution is 9.10. The van der Waals surface area contributed by atoms with Gasteiger partial charge in [-0.05, 0) is 63.3 Å². The Balaban J connectivity index is 1.69. The van der Waals surface area contributed by atoms with Gasteiger partial charge < -0.3 is 15.8 Å². The summed E-state index contributed by atoms with van der Waals surface area (Å²) in [7, 11) is 0. The number of nitrogens with one attached hydrogen (secondary N) is 1. The van der Waals surface area contributed by atoms with Gasteiger partial charge >= 0.3 is 0 Å². The van der Waals surface area contributed by atoms with Crippen LogP contribution in [0.4, 0.5) is 17.6 Å². The Morgan fingerprint density at radius 2 is 1.97 bits per heavy atom. The van der Waals surface area contributed by atoms with E-state index in [1.54, 1.807) is 0 Å². The number of hydrogen-bond donors (Lipinski definition) is 2. The first-order valence-electron chi connectivity index (χ1n) is 9.88. The first-order chi connectivity index (χ1) is 14.3. The molecule has 1 fully saturated rings. The van der Waals surface area contributed by atoms with E-state index in [9.17, 15) is 0 Å². The van der Waals surface area contributed by atoms with E-state index in [4.69, 9.17) is 22.1 Å². The number of aryl methyl sites for hydroxylation is 3. The van der Waals surface area contributed by atoms with E-state index < -0.39 is 0 Å². The number of anilines is 3. The summed E-state index contributed by atoms with van der Waals surface area (Å²) in [6, 6.07) is 6.03. The SMILES string of the molecule is Cc1cc(-c2nc(N)nc(Nc3cc(C)n(C4CCCCO4)n3)c2Cl)c(C)cc1Br. The smallest absolute Gasteiger partial charge is 0.222 e. The van der Waals surface area contributed by atoms with Crippen LogP contribution in [0.3, 0.4) is 0 Å². The number of rotatable bonds is 4. The van der Waals surface area contributed by atoms with E-state index >= 15 is 0 Å². The van der Waals surface area contributed by atoms with Gasteiger partial charge in [-0.1, -0.05) is 27.5 Å². The highest BCUT2D eigenvalue weighted by Crippen LogP contribution is 2.37. The molecular weight excluding hydrogens is 468 g/mol. The van der Waals surface area contributed by atoms with E-state index in [-0.39, 0.29) is 12.2 Å². The molecule has 1 aliphatic rings. The van der Waals surface area contributed by atoms with Crippen molar-refractivity contribution in [3.05, 3.63) is 44.5 Å². The average molecular weight is 492 g/mol. The molecular formula is C21H24BrClN6O. The Hall–Kier alpha value is -2.16. The van der Waals surface area contributed by atoms with Crippen LogP contribution in [0.2, 0.25) is 5.02 Å². The normalized spacial score (nSPS) is 16.6. The molecule has 0 amide bonds. The van der Waals surface area contributed by atoms with Crippen molar-refractivity contribution in [2.24, 2.45) is 0 Å². The summed E-state index contributed by atoms with van der Waals surface area (Å²) in [6.45, 7) is 6.80. The van der Waals surface area contributed by atoms with E-state index in [0.717, 1.165) is 52.7 Å². The third-order valence-corrected chi connectivity index (χ3v) is 6.44. The van der Waals surface area contributed by atoms with Gasteiger partial charge in [-0.3, -0.25) is 0 Å². The van der Waals surface area contributed by atoms with Crippen LogP contribution in [0.5, 0.6) is 0 Å². The summed E-state index contributed by atoms with van der Waals surface area (Å²) in [5.41, 5.74) is 10.6. The number of nitrogens with two attached hydrogens (primary N) is 1. The minimum Gasteiger partial charge on any atom is -0.368 e. The monoisotopic (exact) mass is 490 g/mol. The van der Waals surface area contributed by atoms with Crippen molar-refractivity contribution in [3.63, 3.8) is 0 Å². The van der Waals surface area contributed by atoms with Crippen molar-refractivity contribution in [1.29, 1.82) is 0 Å². The fourth-order valence-electron chi connectivity index (χ4n) is 3.64. The average Bonchev–Trinajstić information content (AvgIpc) is 3.08. The second-order valence-corrected chi connectivity index (χ2v) is 8.80. The summed E-state index contributed by atoms with van der Waals surface area (Å²) in [5, 5.41) is 8.27. The molecule has 158 valence electrons. The number of halogens is 2. The number of benzene rings is 1. The predicted octanol–water partition coefficient (Wildman–Crippen LogP) is 5.71. The number of nitrogen functional groups attached to an aromatic ring is 1. The second kappa shape index (κ2) is 8.53. The molecule has 7 nitrogen and oxygen atoms in total. The second-order valence-electron chi connectivity index (χ2n) is 7.57. The van der Waals surface area contributed by atoms with E-state index in [1.165, 1.54) is 0 Å². The summed E-state index contributed by atoms with van der Waals surface area (Å²) < 4.78 is 8.80. The van der Waals surface area contributed by atoms with E-state index in [1.807, 2.05) is 43.7 Å². The quantitative estimate of drug-likeness (QED) is 0.486. The summed E-state index contributed by atoms with van der Waals surface area (Å²) in [4.78, 5) is 8.72. The van der Waals surface area contributed by atoms with E-state index in [2.05, 4.69) is 36.3 Å². The molecule has 0 saturated carbocycles. The molecule has 4 rings (SSSR count). The molecule has 1 saturated heterocycles. The molecule has 9 heteroatoms. The van der Waals surface area contributed by atoms with Crippen molar-refractivity contribution in [2.75, 3.05) is 17.7 Å². The van der Waals surface area contributed by atoms with Crippen LogP contribution >= 0.6 is 27.5 Å². The third-order valence-electron chi connectivity index (χ3n) is 5.23.